The lowest BCUT2D eigenvalue weighted by Gasteiger charge is -2.38. The molecule has 1 fully saturated rings. The number of thioether (sulfide) groups is 1. The topological polar surface area (TPSA) is 28.2 Å². The third kappa shape index (κ3) is 3.20. The van der Waals surface area contributed by atoms with Gasteiger partial charge in [-0.1, -0.05) is 13.8 Å². The van der Waals surface area contributed by atoms with Crippen molar-refractivity contribution in [2.45, 2.75) is 38.6 Å². The Kier molecular flexibility index (Phi) is 5.05. The minimum atomic E-state index is -0.172. The first kappa shape index (κ1) is 14.6. The maximum absolute atomic E-state index is 14.5. The summed E-state index contributed by atoms with van der Waals surface area (Å²) in [5, 5.41) is 3.67. The molecule has 0 aromatic carbocycles. The standard InChI is InChI=1S/C14H22FN3S/c1-4-16-9-12-5-6-17-14(13(12)15)18-7-8-19-11(3)10(18)2/h5-6,10-11,16H,4,7-9H2,1-3H3. The number of anilines is 1. The average Bonchev–Trinajstić information content (AvgIpc) is 2.41. The van der Waals surface area contributed by atoms with Crippen LogP contribution in [0.25, 0.3) is 0 Å². The molecule has 3 nitrogen and oxygen atoms in total. The molecule has 0 spiro atoms. The minimum absolute atomic E-state index is 0.172. The number of aromatic nitrogens is 1. The van der Waals surface area contributed by atoms with Gasteiger partial charge in [-0.05, 0) is 19.5 Å². The number of hydrogen-bond acceptors (Lipinski definition) is 4. The molecule has 0 aliphatic carbocycles. The first-order valence-corrected chi connectivity index (χ1v) is 7.92. The zero-order chi connectivity index (χ0) is 13.8. The first-order chi connectivity index (χ1) is 9.15. The summed E-state index contributed by atoms with van der Waals surface area (Å²) in [4.78, 5) is 6.37. The van der Waals surface area contributed by atoms with Gasteiger partial charge < -0.3 is 10.2 Å². The number of pyridine rings is 1. The van der Waals surface area contributed by atoms with Crippen LogP contribution in [-0.4, -0.2) is 35.1 Å². The number of hydrogen-bond donors (Lipinski definition) is 1. The van der Waals surface area contributed by atoms with E-state index in [9.17, 15) is 4.39 Å². The number of nitrogens with one attached hydrogen (secondary N) is 1. The van der Waals surface area contributed by atoms with Crippen molar-refractivity contribution in [1.29, 1.82) is 0 Å². The highest BCUT2D eigenvalue weighted by Gasteiger charge is 2.28. The molecule has 1 saturated heterocycles. The Morgan fingerprint density at radius 2 is 2.32 bits per heavy atom. The zero-order valence-electron chi connectivity index (χ0n) is 11.8. The quantitative estimate of drug-likeness (QED) is 0.919. The van der Waals surface area contributed by atoms with Gasteiger partial charge in [-0.3, -0.25) is 0 Å². The molecule has 1 aliphatic heterocycles. The fourth-order valence-corrected chi connectivity index (χ4v) is 3.40. The summed E-state index contributed by atoms with van der Waals surface area (Å²) in [6.45, 7) is 8.63. The van der Waals surface area contributed by atoms with Crippen LogP contribution in [0.1, 0.15) is 26.3 Å². The van der Waals surface area contributed by atoms with Gasteiger partial charge in [0.15, 0.2) is 11.6 Å². The smallest absolute Gasteiger partial charge is 0.170 e. The van der Waals surface area contributed by atoms with E-state index in [-0.39, 0.29) is 5.82 Å². The van der Waals surface area contributed by atoms with Crippen LogP contribution in [0.4, 0.5) is 10.2 Å². The Hall–Kier alpha value is -0.810. The van der Waals surface area contributed by atoms with Gasteiger partial charge in [0.2, 0.25) is 0 Å². The normalized spacial score (nSPS) is 23.7. The molecule has 0 amide bonds. The van der Waals surface area contributed by atoms with E-state index < -0.39 is 0 Å². The van der Waals surface area contributed by atoms with Crippen molar-refractivity contribution in [2.24, 2.45) is 0 Å². The van der Waals surface area contributed by atoms with Gasteiger partial charge in [-0.25, -0.2) is 9.37 Å². The van der Waals surface area contributed by atoms with Gasteiger partial charge in [0.05, 0.1) is 0 Å². The summed E-state index contributed by atoms with van der Waals surface area (Å²) < 4.78 is 14.5. The van der Waals surface area contributed by atoms with Crippen molar-refractivity contribution < 1.29 is 4.39 Å². The molecular formula is C14H22FN3S. The number of halogens is 1. The van der Waals surface area contributed by atoms with E-state index >= 15 is 0 Å². The molecule has 0 radical (unpaired) electrons. The molecule has 0 bridgehead atoms. The Morgan fingerprint density at radius 1 is 1.53 bits per heavy atom. The molecule has 2 heterocycles. The summed E-state index contributed by atoms with van der Waals surface area (Å²) in [7, 11) is 0. The molecule has 1 aromatic rings. The van der Waals surface area contributed by atoms with Crippen molar-refractivity contribution in [2.75, 3.05) is 23.7 Å². The highest BCUT2D eigenvalue weighted by atomic mass is 32.2. The van der Waals surface area contributed by atoms with E-state index in [0.29, 0.717) is 29.2 Å². The summed E-state index contributed by atoms with van der Waals surface area (Å²) in [5.74, 6) is 1.37. The van der Waals surface area contributed by atoms with Gasteiger partial charge in [-0.2, -0.15) is 11.8 Å². The van der Waals surface area contributed by atoms with Crippen molar-refractivity contribution in [3.8, 4) is 0 Å². The number of nitrogens with zero attached hydrogens (tertiary/aromatic N) is 2. The SMILES string of the molecule is CCNCc1ccnc(N2CCSC(C)C2C)c1F. The summed E-state index contributed by atoms with van der Waals surface area (Å²) in [6, 6.07) is 2.07. The molecule has 19 heavy (non-hydrogen) atoms. The van der Waals surface area contributed by atoms with Crippen LogP contribution in [-0.2, 0) is 6.54 Å². The van der Waals surface area contributed by atoms with Crippen LogP contribution >= 0.6 is 11.8 Å². The maximum Gasteiger partial charge on any atom is 0.170 e. The minimum Gasteiger partial charge on any atom is -0.350 e. The van der Waals surface area contributed by atoms with E-state index in [4.69, 9.17) is 0 Å². The molecule has 1 aliphatic rings. The van der Waals surface area contributed by atoms with Gasteiger partial charge in [-0.15, -0.1) is 0 Å². The summed E-state index contributed by atoms with van der Waals surface area (Å²) in [6.07, 6.45) is 1.71. The molecule has 0 saturated carbocycles. The van der Waals surface area contributed by atoms with Crippen LogP contribution in [0.2, 0.25) is 0 Å². The van der Waals surface area contributed by atoms with Crippen LogP contribution in [0.3, 0.4) is 0 Å². The molecular weight excluding hydrogens is 261 g/mol. The lowest BCUT2D eigenvalue weighted by molar-refractivity contribution is 0.555. The molecule has 2 unspecified atom stereocenters. The van der Waals surface area contributed by atoms with Crippen LogP contribution in [0, 0.1) is 5.82 Å². The Balaban J connectivity index is 2.24. The third-order valence-corrected chi connectivity index (χ3v) is 5.01. The van der Waals surface area contributed by atoms with Gasteiger partial charge in [0.25, 0.3) is 0 Å². The summed E-state index contributed by atoms with van der Waals surface area (Å²) >= 11 is 1.94. The summed E-state index contributed by atoms with van der Waals surface area (Å²) in [5.41, 5.74) is 0.699. The largest absolute Gasteiger partial charge is 0.350 e. The monoisotopic (exact) mass is 283 g/mol. The fraction of sp³-hybridized carbons (Fsp3) is 0.643. The average molecular weight is 283 g/mol. The lowest BCUT2D eigenvalue weighted by atomic mass is 10.1. The Bertz CT molecular complexity index is 427. The lowest BCUT2D eigenvalue weighted by Crippen LogP contribution is -2.45. The Morgan fingerprint density at radius 3 is 3.05 bits per heavy atom. The third-order valence-electron chi connectivity index (χ3n) is 3.67. The first-order valence-electron chi connectivity index (χ1n) is 6.87. The van der Waals surface area contributed by atoms with E-state index in [2.05, 4.69) is 29.0 Å². The van der Waals surface area contributed by atoms with Gasteiger partial charge in [0.1, 0.15) is 0 Å². The highest BCUT2D eigenvalue weighted by Crippen LogP contribution is 2.30. The predicted octanol–water partition coefficient (Wildman–Crippen LogP) is 2.66. The highest BCUT2D eigenvalue weighted by molar-refractivity contribution is 8.00. The van der Waals surface area contributed by atoms with Crippen molar-refractivity contribution in [3.63, 3.8) is 0 Å². The maximum atomic E-state index is 14.5. The van der Waals surface area contributed by atoms with Crippen LogP contribution in [0.15, 0.2) is 12.3 Å². The van der Waals surface area contributed by atoms with Crippen LogP contribution < -0.4 is 10.2 Å². The second kappa shape index (κ2) is 6.57. The van der Waals surface area contributed by atoms with Crippen LogP contribution in [0.5, 0.6) is 0 Å². The predicted molar refractivity (Wildman–Crippen MR) is 80.3 cm³/mol. The second-order valence-electron chi connectivity index (χ2n) is 4.90. The van der Waals surface area contributed by atoms with E-state index in [1.165, 1.54) is 0 Å². The molecule has 2 rings (SSSR count). The molecule has 106 valence electrons. The number of rotatable bonds is 4. The van der Waals surface area contributed by atoms with Crippen molar-refractivity contribution in [1.82, 2.24) is 10.3 Å². The van der Waals surface area contributed by atoms with Crippen molar-refractivity contribution >= 4 is 17.6 Å². The van der Waals surface area contributed by atoms with Crippen molar-refractivity contribution in [3.05, 3.63) is 23.6 Å². The zero-order valence-corrected chi connectivity index (χ0v) is 12.6. The molecule has 2 atom stereocenters. The van der Waals surface area contributed by atoms with E-state index in [1.54, 1.807) is 12.3 Å². The van der Waals surface area contributed by atoms with Gasteiger partial charge >= 0.3 is 0 Å². The Labute approximate surface area is 119 Å². The second-order valence-corrected chi connectivity index (χ2v) is 6.38. The molecule has 1 N–H and O–H groups in total. The van der Waals surface area contributed by atoms with Gasteiger partial charge in [0, 0.05) is 41.9 Å². The van der Waals surface area contributed by atoms with E-state index in [0.717, 1.165) is 18.8 Å². The fourth-order valence-electron chi connectivity index (χ4n) is 2.30. The molecule has 5 heteroatoms. The van der Waals surface area contributed by atoms with E-state index in [1.807, 2.05) is 18.7 Å². The molecule has 1 aromatic heterocycles.